The molecule has 2 rings (SSSR count). The molecule has 18 heavy (non-hydrogen) atoms. The lowest BCUT2D eigenvalue weighted by atomic mass is 9.82. The van der Waals surface area contributed by atoms with Gasteiger partial charge in [0.15, 0.2) is 5.78 Å². The molecule has 2 aromatic carbocycles. The summed E-state index contributed by atoms with van der Waals surface area (Å²) in [4.78, 5) is 12.5. The van der Waals surface area contributed by atoms with Gasteiger partial charge in [0.1, 0.15) is 0 Å². The summed E-state index contributed by atoms with van der Waals surface area (Å²) in [5, 5.41) is 2.05. The number of carbonyl (C=O) groups excluding carboxylic acids is 1. The molecule has 2 nitrogen and oxygen atoms in total. The molecule has 0 saturated heterocycles. The Bertz CT molecular complexity index is 576. The number of rotatable bonds is 2. The van der Waals surface area contributed by atoms with Gasteiger partial charge in [-0.2, -0.15) is 0 Å². The van der Waals surface area contributed by atoms with E-state index in [1.54, 1.807) is 0 Å². The average molecular weight is 241 g/mol. The standard InChI is InChI=1S/C16H19NO/c1-16(2,3)15(17)14(18)13-10-6-8-11-7-4-5-9-12(11)13/h4-10,15H,17H2,1-3H3. The summed E-state index contributed by atoms with van der Waals surface area (Å²) < 4.78 is 0. The second kappa shape index (κ2) is 4.54. The van der Waals surface area contributed by atoms with Gasteiger partial charge in [-0.15, -0.1) is 0 Å². The number of ketones is 1. The minimum Gasteiger partial charge on any atom is -0.321 e. The van der Waals surface area contributed by atoms with Crippen molar-refractivity contribution in [3.8, 4) is 0 Å². The Kier molecular flexibility index (Phi) is 3.22. The molecule has 0 aromatic heterocycles. The predicted octanol–water partition coefficient (Wildman–Crippen LogP) is 3.40. The van der Waals surface area contributed by atoms with Gasteiger partial charge in [-0.3, -0.25) is 4.79 Å². The van der Waals surface area contributed by atoms with Crippen LogP contribution in [-0.2, 0) is 0 Å². The van der Waals surface area contributed by atoms with Gasteiger partial charge < -0.3 is 5.73 Å². The maximum Gasteiger partial charge on any atom is 0.180 e. The molecule has 0 aliphatic heterocycles. The molecular formula is C16H19NO. The smallest absolute Gasteiger partial charge is 0.180 e. The third-order valence-electron chi connectivity index (χ3n) is 3.27. The lowest BCUT2D eigenvalue weighted by molar-refractivity contribution is 0.0903. The van der Waals surface area contributed by atoms with E-state index in [-0.39, 0.29) is 11.2 Å². The van der Waals surface area contributed by atoms with Crippen LogP contribution in [0.15, 0.2) is 42.5 Å². The summed E-state index contributed by atoms with van der Waals surface area (Å²) >= 11 is 0. The monoisotopic (exact) mass is 241 g/mol. The zero-order valence-corrected chi connectivity index (χ0v) is 11.1. The first-order chi connectivity index (χ1) is 8.41. The fraction of sp³-hybridized carbons (Fsp3) is 0.312. The van der Waals surface area contributed by atoms with Crippen molar-refractivity contribution < 1.29 is 4.79 Å². The van der Waals surface area contributed by atoms with Gasteiger partial charge in [-0.25, -0.2) is 0 Å². The van der Waals surface area contributed by atoms with Crippen LogP contribution in [0.3, 0.4) is 0 Å². The fourth-order valence-corrected chi connectivity index (χ4v) is 2.00. The lowest BCUT2D eigenvalue weighted by Gasteiger charge is -2.26. The maximum atomic E-state index is 12.5. The van der Waals surface area contributed by atoms with Crippen molar-refractivity contribution in [2.24, 2.45) is 11.1 Å². The third kappa shape index (κ3) is 2.29. The van der Waals surface area contributed by atoms with Crippen LogP contribution >= 0.6 is 0 Å². The molecule has 0 spiro atoms. The average Bonchev–Trinajstić information content (AvgIpc) is 2.35. The molecular weight excluding hydrogens is 222 g/mol. The van der Waals surface area contributed by atoms with Crippen LogP contribution in [0.2, 0.25) is 0 Å². The van der Waals surface area contributed by atoms with E-state index in [1.807, 2.05) is 63.2 Å². The number of hydrogen-bond donors (Lipinski definition) is 1. The van der Waals surface area contributed by atoms with E-state index in [0.717, 1.165) is 16.3 Å². The molecule has 0 amide bonds. The van der Waals surface area contributed by atoms with Crippen molar-refractivity contribution in [2.45, 2.75) is 26.8 Å². The van der Waals surface area contributed by atoms with Crippen LogP contribution < -0.4 is 5.73 Å². The molecule has 0 saturated carbocycles. The SMILES string of the molecule is CC(C)(C)C(N)C(=O)c1cccc2ccccc12. The summed E-state index contributed by atoms with van der Waals surface area (Å²) in [5.74, 6) is 0.0132. The first-order valence-electron chi connectivity index (χ1n) is 6.19. The highest BCUT2D eigenvalue weighted by atomic mass is 16.1. The fourth-order valence-electron chi connectivity index (χ4n) is 2.00. The topological polar surface area (TPSA) is 43.1 Å². The number of carbonyl (C=O) groups is 1. The van der Waals surface area contributed by atoms with Crippen LogP contribution in [0.5, 0.6) is 0 Å². The summed E-state index contributed by atoms with van der Waals surface area (Å²) in [5.41, 5.74) is 6.56. The van der Waals surface area contributed by atoms with Gasteiger partial charge in [-0.1, -0.05) is 63.2 Å². The molecule has 1 unspecified atom stereocenters. The van der Waals surface area contributed by atoms with E-state index in [0.29, 0.717) is 0 Å². The summed E-state index contributed by atoms with van der Waals surface area (Å²) in [6, 6.07) is 13.2. The number of fused-ring (bicyclic) bond motifs is 1. The molecule has 94 valence electrons. The van der Waals surface area contributed by atoms with E-state index in [4.69, 9.17) is 5.73 Å². The first kappa shape index (κ1) is 12.8. The summed E-state index contributed by atoms with van der Waals surface area (Å²) in [7, 11) is 0. The number of hydrogen-bond acceptors (Lipinski definition) is 2. The second-order valence-corrected chi connectivity index (χ2v) is 5.73. The Morgan fingerprint density at radius 2 is 1.67 bits per heavy atom. The van der Waals surface area contributed by atoms with Gasteiger partial charge in [-0.05, 0) is 16.2 Å². The molecule has 0 aliphatic rings. The summed E-state index contributed by atoms with van der Waals surface area (Å²) in [6.07, 6.45) is 0. The minimum atomic E-state index is -0.483. The molecule has 0 bridgehead atoms. The number of benzene rings is 2. The van der Waals surface area contributed by atoms with E-state index < -0.39 is 6.04 Å². The Morgan fingerprint density at radius 1 is 1.06 bits per heavy atom. The van der Waals surface area contributed by atoms with Gasteiger partial charge in [0.25, 0.3) is 0 Å². The molecule has 0 radical (unpaired) electrons. The van der Waals surface area contributed by atoms with Crippen molar-refractivity contribution in [1.29, 1.82) is 0 Å². The van der Waals surface area contributed by atoms with E-state index in [2.05, 4.69) is 0 Å². The first-order valence-corrected chi connectivity index (χ1v) is 6.19. The van der Waals surface area contributed by atoms with Gasteiger partial charge >= 0.3 is 0 Å². The normalized spacial score (nSPS) is 13.6. The Hall–Kier alpha value is -1.67. The van der Waals surface area contributed by atoms with Crippen LogP contribution in [0, 0.1) is 5.41 Å². The van der Waals surface area contributed by atoms with Crippen LogP contribution in [-0.4, -0.2) is 11.8 Å². The third-order valence-corrected chi connectivity index (χ3v) is 3.27. The maximum absolute atomic E-state index is 12.5. The largest absolute Gasteiger partial charge is 0.321 e. The van der Waals surface area contributed by atoms with Crippen LogP contribution in [0.4, 0.5) is 0 Å². The molecule has 0 fully saturated rings. The van der Waals surface area contributed by atoms with Crippen LogP contribution in [0.1, 0.15) is 31.1 Å². The van der Waals surface area contributed by atoms with Gasteiger partial charge in [0.2, 0.25) is 0 Å². The van der Waals surface area contributed by atoms with Crippen molar-refractivity contribution >= 4 is 16.6 Å². The molecule has 2 aromatic rings. The second-order valence-electron chi connectivity index (χ2n) is 5.73. The summed E-state index contributed by atoms with van der Waals surface area (Å²) in [6.45, 7) is 5.96. The minimum absolute atomic E-state index is 0.0132. The Balaban J connectivity index is 2.52. The quantitative estimate of drug-likeness (QED) is 0.819. The van der Waals surface area contributed by atoms with Crippen molar-refractivity contribution in [3.63, 3.8) is 0 Å². The van der Waals surface area contributed by atoms with Gasteiger partial charge in [0, 0.05) is 5.56 Å². The van der Waals surface area contributed by atoms with E-state index in [1.165, 1.54) is 0 Å². The Morgan fingerprint density at radius 3 is 2.33 bits per heavy atom. The molecule has 0 heterocycles. The lowest BCUT2D eigenvalue weighted by Crippen LogP contribution is -2.42. The van der Waals surface area contributed by atoms with Crippen molar-refractivity contribution in [1.82, 2.24) is 0 Å². The number of Topliss-reactive ketones (excluding diaryl/α,β-unsaturated/α-hetero) is 1. The number of nitrogens with two attached hydrogens (primary N) is 1. The van der Waals surface area contributed by atoms with E-state index in [9.17, 15) is 4.79 Å². The highest BCUT2D eigenvalue weighted by Gasteiger charge is 2.28. The predicted molar refractivity (Wildman–Crippen MR) is 75.7 cm³/mol. The molecule has 0 aliphatic carbocycles. The molecule has 2 N–H and O–H groups in total. The highest BCUT2D eigenvalue weighted by molar-refractivity contribution is 6.10. The molecule has 2 heteroatoms. The Labute approximate surface area is 108 Å². The van der Waals surface area contributed by atoms with Crippen LogP contribution in [0.25, 0.3) is 10.8 Å². The molecule has 1 atom stereocenters. The zero-order valence-electron chi connectivity index (χ0n) is 11.1. The van der Waals surface area contributed by atoms with Gasteiger partial charge in [0.05, 0.1) is 6.04 Å². The van der Waals surface area contributed by atoms with Crippen molar-refractivity contribution in [3.05, 3.63) is 48.0 Å². The van der Waals surface area contributed by atoms with E-state index >= 15 is 0 Å². The van der Waals surface area contributed by atoms with Crippen molar-refractivity contribution in [2.75, 3.05) is 0 Å². The zero-order chi connectivity index (χ0) is 13.3. The highest BCUT2D eigenvalue weighted by Crippen LogP contribution is 2.25.